The summed E-state index contributed by atoms with van der Waals surface area (Å²) in [5, 5.41) is 0. The highest BCUT2D eigenvalue weighted by atomic mass is 16.7. The van der Waals surface area contributed by atoms with Gasteiger partial charge in [-0.2, -0.15) is 0 Å². The zero-order chi connectivity index (χ0) is 13.4. The molecule has 5 heteroatoms. The van der Waals surface area contributed by atoms with Crippen LogP contribution in [0.2, 0.25) is 0 Å². The van der Waals surface area contributed by atoms with Crippen LogP contribution in [0.3, 0.4) is 0 Å². The number of amides is 1. The summed E-state index contributed by atoms with van der Waals surface area (Å²) < 4.78 is 10.9. The van der Waals surface area contributed by atoms with E-state index in [1.54, 1.807) is 0 Å². The molecule has 1 amide bonds. The van der Waals surface area contributed by atoms with Gasteiger partial charge < -0.3 is 20.1 Å². The predicted octanol–water partition coefficient (Wildman–Crippen LogP) is 0.973. The van der Waals surface area contributed by atoms with Gasteiger partial charge in [0.2, 0.25) is 5.91 Å². The number of carbonyl (C=O) groups excluding carboxylic acids is 1. The third-order valence-electron chi connectivity index (χ3n) is 3.20. The van der Waals surface area contributed by atoms with E-state index in [0.717, 1.165) is 25.9 Å². The number of hydrogen-bond donors (Lipinski definition) is 1. The van der Waals surface area contributed by atoms with Gasteiger partial charge in [0, 0.05) is 39.1 Å². The van der Waals surface area contributed by atoms with Gasteiger partial charge in [0.05, 0.1) is 0 Å². The van der Waals surface area contributed by atoms with E-state index in [9.17, 15) is 4.79 Å². The number of ether oxygens (including phenoxy) is 2. The molecule has 2 N–H and O–H groups in total. The lowest BCUT2D eigenvalue weighted by molar-refractivity contribution is -0.141. The second-order valence-corrected chi connectivity index (χ2v) is 4.63. The molecular weight excluding hydrogens is 232 g/mol. The molecule has 0 bridgehead atoms. The molecule has 1 atom stereocenters. The number of nitrogens with two attached hydrogens (primary N) is 1. The van der Waals surface area contributed by atoms with Crippen LogP contribution >= 0.6 is 0 Å². The van der Waals surface area contributed by atoms with Crippen molar-refractivity contribution in [2.24, 2.45) is 11.7 Å². The largest absolute Gasteiger partial charge is 0.353 e. The summed E-state index contributed by atoms with van der Waals surface area (Å²) in [6.07, 6.45) is 2.21. The number of carbonyl (C=O) groups is 1. The Morgan fingerprint density at radius 1 is 1.39 bits per heavy atom. The maximum absolute atomic E-state index is 11.7. The lowest BCUT2D eigenvalue weighted by Crippen LogP contribution is -2.28. The van der Waals surface area contributed by atoms with Crippen LogP contribution in [0.25, 0.3) is 0 Å². The molecule has 18 heavy (non-hydrogen) atoms. The van der Waals surface area contributed by atoms with Gasteiger partial charge in [-0.1, -0.05) is 0 Å². The van der Waals surface area contributed by atoms with Crippen molar-refractivity contribution in [2.45, 2.75) is 39.4 Å². The molecule has 1 rings (SSSR count). The molecule has 0 radical (unpaired) electrons. The van der Waals surface area contributed by atoms with E-state index in [4.69, 9.17) is 15.2 Å². The molecule has 1 aliphatic heterocycles. The molecule has 0 aromatic rings. The van der Waals surface area contributed by atoms with Gasteiger partial charge in [0.25, 0.3) is 0 Å². The Balaban J connectivity index is 2.21. The summed E-state index contributed by atoms with van der Waals surface area (Å²) in [5.41, 5.74) is 5.60. The second kappa shape index (κ2) is 8.45. The van der Waals surface area contributed by atoms with Gasteiger partial charge >= 0.3 is 0 Å². The molecule has 0 aromatic carbocycles. The van der Waals surface area contributed by atoms with Gasteiger partial charge in [-0.15, -0.1) is 0 Å². The molecule has 0 spiro atoms. The van der Waals surface area contributed by atoms with Crippen LogP contribution in [-0.2, 0) is 14.3 Å². The highest BCUT2D eigenvalue weighted by Crippen LogP contribution is 2.17. The van der Waals surface area contributed by atoms with Gasteiger partial charge in [0.15, 0.2) is 6.29 Å². The molecule has 1 fully saturated rings. The Morgan fingerprint density at radius 2 is 2.06 bits per heavy atom. The van der Waals surface area contributed by atoms with E-state index < -0.39 is 0 Å². The lowest BCUT2D eigenvalue weighted by atomic mass is 10.1. The highest BCUT2D eigenvalue weighted by molar-refractivity contribution is 5.78. The first-order chi connectivity index (χ1) is 8.71. The Kier molecular flexibility index (Phi) is 7.23. The Labute approximate surface area is 110 Å². The summed E-state index contributed by atoms with van der Waals surface area (Å²) in [5.74, 6) is 0.571. The van der Waals surface area contributed by atoms with E-state index in [1.807, 2.05) is 18.7 Å². The van der Waals surface area contributed by atoms with Crippen molar-refractivity contribution in [2.75, 3.05) is 32.8 Å². The number of hydrogen-bond acceptors (Lipinski definition) is 4. The Bertz CT molecular complexity index is 242. The molecular formula is C13H26N2O3. The fourth-order valence-corrected chi connectivity index (χ4v) is 2.26. The highest BCUT2D eigenvalue weighted by Gasteiger charge is 2.28. The Hall–Kier alpha value is -0.650. The first kappa shape index (κ1) is 15.4. The summed E-state index contributed by atoms with van der Waals surface area (Å²) in [6.45, 7) is 7.42. The van der Waals surface area contributed by atoms with Crippen molar-refractivity contribution in [1.82, 2.24) is 4.90 Å². The van der Waals surface area contributed by atoms with E-state index >= 15 is 0 Å². The van der Waals surface area contributed by atoms with E-state index in [0.29, 0.717) is 32.1 Å². The molecule has 1 unspecified atom stereocenters. The van der Waals surface area contributed by atoms with Crippen LogP contribution in [0.1, 0.15) is 33.1 Å². The predicted molar refractivity (Wildman–Crippen MR) is 70.0 cm³/mol. The summed E-state index contributed by atoms with van der Waals surface area (Å²) in [4.78, 5) is 13.6. The fourth-order valence-electron chi connectivity index (χ4n) is 2.26. The van der Waals surface area contributed by atoms with Gasteiger partial charge in [-0.05, 0) is 32.7 Å². The van der Waals surface area contributed by atoms with Crippen LogP contribution in [0.5, 0.6) is 0 Å². The summed E-state index contributed by atoms with van der Waals surface area (Å²) in [6, 6.07) is 0. The van der Waals surface area contributed by atoms with E-state index in [-0.39, 0.29) is 12.2 Å². The second-order valence-electron chi connectivity index (χ2n) is 4.63. The smallest absolute Gasteiger partial charge is 0.222 e. The number of rotatable bonds is 9. The third kappa shape index (κ3) is 4.92. The minimum absolute atomic E-state index is 0.136. The third-order valence-corrected chi connectivity index (χ3v) is 3.20. The maximum atomic E-state index is 11.7. The van der Waals surface area contributed by atoms with Crippen molar-refractivity contribution < 1.29 is 14.3 Å². The SMILES string of the molecule is CCOC(CCCN1CC(CN)CC1=O)OCC. The minimum atomic E-state index is -0.136. The van der Waals surface area contributed by atoms with Crippen LogP contribution < -0.4 is 5.73 Å². The average Bonchev–Trinajstić information content (AvgIpc) is 2.71. The first-order valence-electron chi connectivity index (χ1n) is 6.92. The average molecular weight is 258 g/mol. The number of likely N-dealkylation sites (tertiary alicyclic amines) is 1. The zero-order valence-electron chi connectivity index (χ0n) is 11.6. The Morgan fingerprint density at radius 3 is 2.56 bits per heavy atom. The molecule has 0 aromatic heterocycles. The van der Waals surface area contributed by atoms with Crippen molar-refractivity contribution in [3.8, 4) is 0 Å². The van der Waals surface area contributed by atoms with Crippen molar-refractivity contribution in [3.63, 3.8) is 0 Å². The standard InChI is InChI=1S/C13H26N2O3/c1-3-17-13(18-4-2)6-5-7-15-10-11(9-14)8-12(15)16/h11,13H,3-10,14H2,1-2H3. The van der Waals surface area contributed by atoms with Gasteiger partial charge in [-0.3, -0.25) is 4.79 Å². The van der Waals surface area contributed by atoms with Crippen molar-refractivity contribution >= 4 is 5.91 Å². The van der Waals surface area contributed by atoms with Gasteiger partial charge in [-0.25, -0.2) is 0 Å². The quantitative estimate of drug-likeness (QED) is 0.626. The number of nitrogens with zero attached hydrogens (tertiary/aromatic N) is 1. The molecule has 1 saturated heterocycles. The summed E-state index contributed by atoms with van der Waals surface area (Å²) >= 11 is 0. The minimum Gasteiger partial charge on any atom is -0.353 e. The van der Waals surface area contributed by atoms with Crippen LogP contribution in [0, 0.1) is 5.92 Å². The molecule has 1 heterocycles. The fraction of sp³-hybridized carbons (Fsp3) is 0.923. The molecule has 1 aliphatic rings. The molecule has 5 nitrogen and oxygen atoms in total. The maximum Gasteiger partial charge on any atom is 0.222 e. The first-order valence-corrected chi connectivity index (χ1v) is 6.92. The van der Waals surface area contributed by atoms with Gasteiger partial charge in [0.1, 0.15) is 0 Å². The van der Waals surface area contributed by atoms with Crippen molar-refractivity contribution in [1.29, 1.82) is 0 Å². The zero-order valence-corrected chi connectivity index (χ0v) is 11.6. The molecule has 106 valence electrons. The molecule has 0 aliphatic carbocycles. The van der Waals surface area contributed by atoms with Crippen LogP contribution in [0.15, 0.2) is 0 Å². The lowest BCUT2D eigenvalue weighted by Gasteiger charge is -2.20. The van der Waals surface area contributed by atoms with Crippen molar-refractivity contribution in [3.05, 3.63) is 0 Å². The molecule has 0 saturated carbocycles. The topological polar surface area (TPSA) is 64.8 Å². The summed E-state index contributed by atoms with van der Waals surface area (Å²) in [7, 11) is 0. The monoisotopic (exact) mass is 258 g/mol. The normalized spacial score (nSPS) is 20.1. The van der Waals surface area contributed by atoms with Crippen LogP contribution in [-0.4, -0.2) is 49.9 Å². The van der Waals surface area contributed by atoms with Crippen LogP contribution in [0.4, 0.5) is 0 Å². The van der Waals surface area contributed by atoms with E-state index in [2.05, 4.69) is 0 Å². The van der Waals surface area contributed by atoms with E-state index in [1.165, 1.54) is 0 Å².